The smallest absolute Gasteiger partial charge is 0.272 e. The summed E-state index contributed by atoms with van der Waals surface area (Å²) < 4.78 is 7.36. The van der Waals surface area contributed by atoms with Crippen molar-refractivity contribution in [2.75, 3.05) is 39.4 Å². The number of hydrogen-bond donors (Lipinski definition) is 0. The SMILES string of the molecule is CCC1CN(C(=O)c2cc(C(C)C)nn2CC)CC1N1CCOCC1. The summed E-state index contributed by atoms with van der Waals surface area (Å²) >= 11 is 0. The number of nitrogens with zero attached hydrogens (tertiary/aromatic N) is 4. The Morgan fingerprint density at radius 2 is 2.00 bits per heavy atom. The molecule has 3 rings (SSSR count). The zero-order valence-electron chi connectivity index (χ0n) is 16.1. The largest absolute Gasteiger partial charge is 0.379 e. The summed E-state index contributed by atoms with van der Waals surface area (Å²) in [7, 11) is 0. The number of morpholine rings is 1. The number of carbonyl (C=O) groups is 1. The van der Waals surface area contributed by atoms with Crippen LogP contribution in [0.5, 0.6) is 0 Å². The Morgan fingerprint density at radius 1 is 1.28 bits per heavy atom. The molecule has 0 spiro atoms. The van der Waals surface area contributed by atoms with E-state index in [9.17, 15) is 4.79 Å². The third-order valence-corrected chi connectivity index (χ3v) is 5.64. The predicted octanol–water partition coefficient (Wildman–Crippen LogP) is 2.21. The van der Waals surface area contributed by atoms with Gasteiger partial charge in [0.1, 0.15) is 5.69 Å². The van der Waals surface area contributed by atoms with Gasteiger partial charge in [-0.05, 0) is 24.8 Å². The van der Waals surface area contributed by atoms with E-state index in [1.807, 2.05) is 22.6 Å². The van der Waals surface area contributed by atoms with E-state index in [1.165, 1.54) is 0 Å². The molecule has 0 N–H and O–H groups in total. The van der Waals surface area contributed by atoms with Crippen LogP contribution in [0.4, 0.5) is 0 Å². The average Bonchev–Trinajstić information content (AvgIpc) is 3.26. The van der Waals surface area contributed by atoms with Gasteiger partial charge < -0.3 is 9.64 Å². The molecule has 0 radical (unpaired) electrons. The van der Waals surface area contributed by atoms with Gasteiger partial charge in [-0.2, -0.15) is 5.10 Å². The standard InChI is InChI=1S/C19H32N4O2/c1-5-15-12-22(13-18(15)21-7-9-25-10-8-21)19(24)17-11-16(14(3)4)20-23(17)6-2/h11,14-15,18H,5-10,12-13H2,1-4H3. The van der Waals surface area contributed by atoms with Crippen LogP contribution in [0.2, 0.25) is 0 Å². The first-order valence-electron chi connectivity index (χ1n) is 9.73. The summed E-state index contributed by atoms with van der Waals surface area (Å²) in [5, 5.41) is 4.61. The molecule has 2 unspecified atom stereocenters. The molecule has 2 aliphatic rings. The lowest BCUT2D eigenvalue weighted by Gasteiger charge is -2.34. The fourth-order valence-electron chi connectivity index (χ4n) is 4.04. The summed E-state index contributed by atoms with van der Waals surface area (Å²) in [6, 6.07) is 2.44. The van der Waals surface area contributed by atoms with Crippen LogP contribution in [-0.4, -0.2) is 70.9 Å². The molecule has 25 heavy (non-hydrogen) atoms. The molecular formula is C19H32N4O2. The van der Waals surface area contributed by atoms with E-state index in [4.69, 9.17) is 4.74 Å². The summed E-state index contributed by atoms with van der Waals surface area (Å²) in [4.78, 5) is 17.7. The highest BCUT2D eigenvalue weighted by Crippen LogP contribution is 2.27. The van der Waals surface area contributed by atoms with Gasteiger partial charge in [0.05, 0.1) is 18.9 Å². The predicted molar refractivity (Wildman–Crippen MR) is 97.9 cm³/mol. The average molecular weight is 348 g/mol. The first kappa shape index (κ1) is 18.4. The van der Waals surface area contributed by atoms with Crippen LogP contribution >= 0.6 is 0 Å². The molecule has 1 aromatic heterocycles. The molecule has 2 aliphatic heterocycles. The lowest BCUT2D eigenvalue weighted by Crippen LogP contribution is -2.47. The molecule has 2 saturated heterocycles. The van der Waals surface area contributed by atoms with E-state index in [-0.39, 0.29) is 5.91 Å². The molecular weight excluding hydrogens is 316 g/mol. The van der Waals surface area contributed by atoms with Crippen molar-refractivity contribution < 1.29 is 9.53 Å². The number of hydrogen-bond acceptors (Lipinski definition) is 4. The topological polar surface area (TPSA) is 50.6 Å². The highest BCUT2D eigenvalue weighted by Gasteiger charge is 2.39. The van der Waals surface area contributed by atoms with Crippen molar-refractivity contribution in [2.45, 2.75) is 52.6 Å². The maximum atomic E-state index is 13.2. The van der Waals surface area contributed by atoms with Crippen molar-refractivity contribution in [3.8, 4) is 0 Å². The lowest BCUT2D eigenvalue weighted by atomic mass is 9.99. The van der Waals surface area contributed by atoms with Gasteiger partial charge in [0.2, 0.25) is 0 Å². The van der Waals surface area contributed by atoms with Crippen molar-refractivity contribution in [1.82, 2.24) is 19.6 Å². The number of amides is 1. The monoisotopic (exact) mass is 348 g/mol. The summed E-state index contributed by atoms with van der Waals surface area (Å²) in [5.41, 5.74) is 1.74. The van der Waals surface area contributed by atoms with Crippen LogP contribution in [-0.2, 0) is 11.3 Å². The fourth-order valence-corrected chi connectivity index (χ4v) is 4.04. The zero-order chi connectivity index (χ0) is 18.0. The Labute approximate surface area is 151 Å². The molecule has 1 amide bonds. The summed E-state index contributed by atoms with van der Waals surface area (Å²) in [6.07, 6.45) is 1.11. The van der Waals surface area contributed by atoms with Crippen molar-refractivity contribution in [2.24, 2.45) is 5.92 Å². The van der Waals surface area contributed by atoms with Gasteiger partial charge in [0.25, 0.3) is 5.91 Å². The van der Waals surface area contributed by atoms with Crippen molar-refractivity contribution in [3.63, 3.8) is 0 Å². The summed E-state index contributed by atoms with van der Waals surface area (Å²) in [5.74, 6) is 1.02. The molecule has 2 fully saturated rings. The molecule has 6 nitrogen and oxygen atoms in total. The van der Waals surface area contributed by atoms with Crippen LogP contribution < -0.4 is 0 Å². The second-order valence-corrected chi connectivity index (χ2v) is 7.52. The molecule has 0 saturated carbocycles. The number of rotatable bonds is 5. The second kappa shape index (κ2) is 7.87. The Morgan fingerprint density at radius 3 is 2.60 bits per heavy atom. The summed E-state index contributed by atoms with van der Waals surface area (Å²) in [6.45, 7) is 14.5. The quantitative estimate of drug-likeness (QED) is 0.819. The normalized spacial score (nSPS) is 25.1. The van der Waals surface area contributed by atoms with Gasteiger partial charge >= 0.3 is 0 Å². The maximum absolute atomic E-state index is 13.2. The van der Waals surface area contributed by atoms with Gasteiger partial charge in [0, 0.05) is 38.8 Å². The van der Waals surface area contributed by atoms with E-state index < -0.39 is 0 Å². The Balaban J connectivity index is 1.76. The van der Waals surface area contributed by atoms with Crippen LogP contribution in [0.15, 0.2) is 6.07 Å². The molecule has 1 aromatic rings. The van der Waals surface area contributed by atoms with Crippen LogP contribution in [0.25, 0.3) is 0 Å². The van der Waals surface area contributed by atoms with Gasteiger partial charge in [-0.15, -0.1) is 0 Å². The van der Waals surface area contributed by atoms with Crippen LogP contribution in [0, 0.1) is 5.92 Å². The van der Waals surface area contributed by atoms with Crippen LogP contribution in [0.3, 0.4) is 0 Å². The highest BCUT2D eigenvalue weighted by atomic mass is 16.5. The highest BCUT2D eigenvalue weighted by molar-refractivity contribution is 5.93. The molecule has 2 atom stereocenters. The van der Waals surface area contributed by atoms with Crippen molar-refractivity contribution in [3.05, 3.63) is 17.5 Å². The third kappa shape index (κ3) is 3.75. The molecule has 0 bridgehead atoms. The number of ether oxygens (including phenoxy) is 1. The third-order valence-electron chi connectivity index (χ3n) is 5.64. The number of aromatic nitrogens is 2. The number of likely N-dealkylation sites (tertiary alicyclic amines) is 1. The van der Waals surface area contributed by atoms with Gasteiger partial charge in [0.15, 0.2) is 0 Å². The molecule has 0 aromatic carbocycles. The number of carbonyl (C=O) groups excluding carboxylic acids is 1. The Bertz CT molecular complexity index is 592. The van der Waals surface area contributed by atoms with Crippen molar-refractivity contribution in [1.29, 1.82) is 0 Å². The van der Waals surface area contributed by atoms with Gasteiger partial charge in [-0.3, -0.25) is 14.4 Å². The Kier molecular flexibility index (Phi) is 5.79. The first-order valence-corrected chi connectivity index (χ1v) is 9.73. The minimum atomic E-state index is 0.135. The van der Waals surface area contributed by atoms with Gasteiger partial charge in [-0.1, -0.05) is 27.2 Å². The molecule has 0 aliphatic carbocycles. The zero-order valence-corrected chi connectivity index (χ0v) is 16.1. The molecule has 3 heterocycles. The van der Waals surface area contributed by atoms with E-state index in [1.54, 1.807) is 0 Å². The Hall–Kier alpha value is -1.40. The van der Waals surface area contributed by atoms with E-state index >= 15 is 0 Å². The number of aryl methyl sites for hydroxylation is 1. The van der Waals surface area contributed by atoms with E-state index in [0.29, 0.717) is 17.9 Å². The fraction of sp³-hybridized carbons (Fsp3) is 0.789. The van der Waals surface area contributed by atoms with E-state index in [0.717, 1.165) is 63.7 Å². The van der Waals surface area contributed by atoms with E-state index in [2.05, 4.69) is 30.8 Å². The molecule has 140 valence electrons. The minimum Gasteiger partial charge on any atom is -0.379 e. The van der Waals surface area contributed by atoms with Gasteiger partial charge in [-0.25, -0.2) is 0 Å². The minimum absolute atomic E-state index is 0.135. The first-order chi connectivity index (χ1) is 12.0. The lowest BCUT2D eigenvalue weighted by molar-refractivity contribution is 0.0102. The maximum Gasteiger partial charge on any atom is 0.272 e. The molecule has 6 heteroatoms. The van der Waals surface area contributed by atoms with Crippen LogP contribution in [0.1, 0.15) is 56.2 Å². The second-order valence-electron chi connectivity index (χ2n) is 7.52. The van der Waals surface area contributed by atoms with Crippen molar-refractivity contribution >= 4 is 5.91 Å².